The van der Waals surface area contributed by atoms with Crippen molar-refractivity contribution in [2.45, 2.75) is 6.04 Å². The van der Waals surface area contributed by atoms with E-state index in [-0.39, 0.29) is 11.3 Å². The number of aliphatic hydroxyl groups is 1. The van der Waals surface area contributed by atoms with Gasteiger partial charge in [0.15, 0.2) is 0 Å². The average molecular weight is 409 g/mol. The topological polar surface area (TPSA) is 70.5 Å². The number of nitrogens with zero attached hydrogens (tertiary/aromatic N) is 2. The van der Waals surface area contributed by atoms with E-state index < -0.39 is 23.5 Å². The molecule has 3 aromatic rings. The molecule has 4 rings (SSSR count). The lowest BCUT2D eigenvalue weighted by atomic mass is 9.95. The molecule has 2 heterocycles. The summed E-state index contributed by atoms with van der Waals surface area (Å²) in [6, 6.07) is 14.0. The van der Waals surface area contributed by atoms with Crippen molar-refractivity contribution in [1.82, 2.24) is 4.98 Å². The highest BCUT2D eigenvalue weighted by molar-refractivity contribution is 6.51. The molecule has 144 valence electrons. The van der Waals surface area contributed by atoms with Crippen molar-refractivity contribution in [1.29, 1.82) is 0 Å². The molecule has 5 nitrogen and oxygen atoms in total. The van der Waals surface area contributed by atoms with Gasteiger partial charge in [0.1, 0.15) is 11.6 Å². The Morgan fingerprint density at radius 2 is 1.83 bits per heavy atom. The van der Waals surface area contributed by atoms with Crippen LogP contribution in [0, 0.1) is 5.82 Å². The van der Waals surface area contributed by atoms with Gasteiger partial charge in [0, 0.05) is 16.8 Å². The minimum absolute atomic E-state index is 0.133. The number of pyridine rings is 1. The summed E-state index contributed by atoms with van der Waals surface area (Å²) in [6.45, 7) is 0. The molecule has 1 saturated heterocycles. The van der Waals surface area contributed by atoms with Gasteiger partial charge in [0.25, 0.3) is 11.7 Å². The predicted octanol–water partition coefficient (Wildman–Crippen LogP) is 4.50. The number of hydrogen-bond donors (Lipinski definition) is 1. The maximum absolute atomic E-state index is 13.9. The van der Waals surface area contributed by atoms with E-state index in [0.29, 0.717) is 21.8 Å². The first-order valence-corrected chi connectivity index (χ1v) is 9.07. The summed E-state index contributed by atoms with van der Waals surface area (Å²) in [5.41, 5.74) is 0.898. The Hall–Kier alpha value is -3.51. The van der Waals surface area contributed by atoms with Gasteiger partial charge in [0.05, 0.1) is 23.5 Å². The van der Waals surface area contributed by atoms with Crippen molar-refractivity contribution >= 4 is 34.7 Å². The number of aromatic nitrogens is 1. The van der Waals surface area contributed by atoms with Crippen LogP contribution >= 0.6 is 11.6 Å². The smallest absolute Gasteiger partial charge is 0.300 e. The molecule has 2 aromatic carbocycles. The van der Waals surface area contributed by atoms with Crippen LogP contribution in [0.1, 0.15) is 17.2 Å². The summed E-state index contributed by atoms with van der Waals surface area (Å²) in [5.74, 6) is -2.58. The Labute approximate surface area is 170 Å². The number of halogens is 2. The molecule has 1 unspecified atom stereocenters. The largest absolute Gasteiger partial charge is 0.507 e. The van der Waals surface area contributed by atoms with E-state index in [0.717, 1.165) is 0 Å². The summed E-state index contributed by atoms with van der Waals surface area (Å²) in [5, 5.41) is 11.3. The standard InChI is InChI=1S/C22H14ClFN2O3/c23-15-8-6-13(7-9-15)20(27)18-19(14-3-1-4-16(24)11-14)26(22(29)21(18)28)17-5-2-10-25-12-17/h1-12,19,27H. The normalized spacial score (nSPS) is 18.3. The number of benzene rings is 2. The van der Waals surface area contributed by atoms with Crippen molar-refractivity contribution < 1.29 is 19.1 Å². The summed E-state index contributed by atoms with van der Waals surface area (Å²) in [6.07, 6.45) is 2.96. The highest BCUT2D eigenvalue weighted by Gasteiger charge is 2.47. The number of aliphatic hydroxyl groups excluding tert-OH is 1. The van der Waals surface area contributed by atoms with E-state index in [4.69, 9.17) is 11.6 Å². The molecule has 0 spiro atoms. The van der Waals surface area contributed by atoms with Crippen LogP contribution in [0.5, 0.6) is 0 Å². The number of amides is 1. The Balaban J connectivity index is 1.95. The van der Waals surface area contributed by atoms with Crippen LogP contribution in [0.25, 0.3) is 5.76 Å². The number of carbonyl (C=O) groups excluding carboxylic acids is 2. The van der Waals surface area contributed by atoms with Crippen LogP contribution in [0.15, 0.2) is 78.6 Å². The first kappa shape index (κ1) is 18.8. The van der Waals surface area contributed by atoms with Crippen molar-refractivity contribution in [3.8, 4) is 0 Å². The summed E-state index contributed by atoms with van der Waals surface area (Å²) < 4.78 is 13.9. The zero-order valence-corrected chi connectivity index (χ0v) is 15.7. The third-order valence-corrected chi connectivity index (χ3v) is 4.90. The van der Waals surface area contributed by atoms with Gasteiger partial charge in [0.2, 0.25) is 0 Å². The number of anilines is 1. The highest BCUT2D eigenvalue weighted by Crippen LogP contribution is 2.42. The number of hydrogen-bond acceptors (Lipinski definition) is 4. The molecule has 1 aliphatic rings. The van der Waals surface area contributed by atoms with Gasteiger partial charge in [-0.2, -0.15) is 0 Å². The second-order valence-electron chi connectivity index (χ2n) is 6.44. The lowest BCUT2D eigenvalue weighted by Crippen LogP contribution is -2.29. The second-order valence-corrected chi connectivity index (χ2v) is 6.88. The van der Waals surface area contributed by atoms with Gasteiger partial charge < -0.3 is 5.11 Å². The molecule has 0 bridgehead atoms. The fourth-order valence-electron chi connectivity index (χ4n) is 3.35. The van der Waals surface area contributed by atoms with Crippen molar-refractivity contribution in [3.05, 3.63) is 101 Å². The summed E-state index contributed by atoms with van der Waals surface area (Å²) >= 11 is 5.90. The first-order chi connectivity index (χ1) is 14.0. The van der Waals surface area contributed by atoms with Crippen molar-refractivity contribution in [2.75, 3.05) is 4.90 Å². The van der Waals surface area contributed by atoms with Crippen LogP contribution in [0.4, 0.5) is 10.1 Å². The number of ketones is 1. The van der Waals surface area contributed by atoms with E-state index in [2.05, 4.69) is 4.98 Å². The zero-order chi connectivity index (χ0) is 20.5. The SMILES string of the molecule is O=C1C(=O)N(c2cccnc2)C(c2cccc(F)c2)C1=C(O)c1ccc(Cl)cc1. The minimum atomic E-state index is -1.01. The minimum Gasteiger partial charge on any atom is -0.507 e. The van der Waals surface area contributed by atoms with Gasteiger partial charge in [-0.15, -0.1) is 0 Å². The van der Waals surface area contributed by atoms with Gasteiger partial charge in [-0.05, 0) is 54.1 Å². The Kier molecular flexibility index (Phi) is 4.86. The molecule has 1 aromatic heterocycles. The maximum atomic E-state index is 13.9. The van der Waals surface area contributed by atoms with E-state index in [1.54, 1.807) is 30.3 Å². The molecule has 1 atom stereocenters. The van der Waals surface area contributed by atoms with Crippen LogP contribution in [0.2, 0.25) is 5.02 Å². The molecule has 1 amide bonds. The predicted molar refractivity (Wildman–Crippen MR) is 107 cm³/mol. The quantitative estimate of drug-likeness (QED) is 0.393. The maximum Gasteiger partial charge on any atom is 0.300 e. The van der Waals surface area contributed by atoms with Crippen molar-refractivity contribution in [2.24, 2.45) is 0 Å². The number of rotatable bonds is 3. The summed E-state index contributed by atoms with van der Waals surface area (Å²) in [4.78, 5) is 31.0. The molecule has 29 heavy (non-hydrogen) atoms. The molecule has 0 aliphatic carbocycles. The molecular weight excluding hydrogens is 395 g/mol. The fraction of sp³-hybridized carbons (Fsp3) is 0.0455. The Bertz CT molecular complexity index is 1130. The van der Waals surface area contributed by atoms with Gasteiger partial charge in [-0.25, -0.2) is 4.39 Å². The third kappa shape index (κ3) is 3.39. The zero-order valence-electron chi connectivity index (χ0n) is 14.9. The molecular formula is C22H14ClFN2O3. The van der Waals surface area contributed by atoms with Crippen LogP contribution in [-0.4, -0.2) is 21.8 Å². The van der Waals surface area contributed by atoms with E-state index >= 15 is 0 Å². The Morgan fingerprint density at radius 1 is 1.07 bits per heavy atom. The lowest BCUT2D eigenvalue weighted by molar-refractivity contribution is -0.132. The van der Waals surface area contributed by atoms with Gasteiger partial charge in [-0.3, -0.25) is 19.5 Å². The second kappa shape index (κ2) is 7.48. The number of Topliss-reactive ketones (excluding diaryl/α,β-unsaturated/α-hetero) is 1. The van der Waals surface area contributed by atoms with E-state index in [1.807, 2.05) is 0 Å². The molecule has 1 N–H and O–H groups in total. The van der Waals surface area contributed by atoms with Crippen LogP contribution < -0.4 is 4.90 Å². The summed E-state index contributed by atoms with van der Waals surface area (Å²) in [7, 11) is 0. The van der Waals surface area contributed by atoms with Crippen LogP contribution in [0.3, 0.4) is 0 Å². The number of carbonyl (C=O) groups is 2. The van der Waals surface area contributed by atoms with E-state index in [9.17, 15) is 19.1 Å². The average Bonchev–Trinajstić information content (AvgIpc) is 2.99. The van der Waals surface area contributed by atoms with Gasteiger partial charge >= 0.3 is 0 Å². The highest BCUT2D eigenvalue weighted by atomic mass is 35.5. The molecule has 1 fully saturated rings. The molecule has 0 radical (unpaired) electrons. The van der Waals surface area contributed by atoms with Gasteiger partial charge in [-0.1, -0.05) is 23.7 Å². The Morgan fingerprint density at radius 3 is 2.48 bits per heavy atom. The lowest BCUT2D eigenvalue weighted by Gasteiger charge is -2.25. The molecule has 1 aliphatic heterocycles. The van der Waals surface area contributed by atoms with Crippen molar-refractivity contribution in [3.63, 3.8) is 0 Å². The first-order valence-electron chi connectivity index (χ1n) is 8.70. The van der Waals surface area contributed by atoms with E-state index in [1.165, 1.54) is 47.6 Å². The molecule has 0 saturated carbocycles. The molecule has 7 heteroatoms. The van der Waals surface area contributed by atoms with Crippen LogP contribution in [-0.2, 0) is 9.59 Å². The third-order valence-electron chi connectivity index (χ3n) is 4.65. The fourth-order valence-corrected chi connectivity index (χ4v) is 3.48. The monoisotopic (exact) mass is 408 g/mol.